The summed E-state index contributed by atoms with van der Waals surface area (Å²) < 4.78 is 40.1. The van der Waals surface area contributed by atoms with Gasteiger partial charge in [0.1, 0.15) is 0 Å². The molecule has 8 heteroatoms. The molecule has 6 nitrogen and oxygen atoms in total. The van der Waals surface area contributed by atoms with Crippen LogP contribution in [0, 0.1) is 28.8 Å². The second kappa shape index (κ2) is 5.69. The predicted octanol–water partition coefficient (Wildman–Crippen LogP) is 2.46. The highest BCUT2D eigenvalue weighted by Crippen LogP contribution is 2.29. The first-order chi connectivity index (χ1) is 9.73. The Hall–Kier alpha value is -1.54. The van der Waals surface area contributed by atoms with Gasteiger partial charge in [0.2, 0.25) is 15.8 Å². The second-order valence-electron chi connectivity index (χ2n) is 5.44. The fourth-order valence-electron chi connectivity index (χ4n) is 2.51. The highest BCUT2D eigenvalue weighted by Gasteiger charge is 2.31. The van der Waals surface area contributed by atoms with Gasteiger partial charge in [0.15, 0.2) is 0 Å². The summed E-state index contributed by atoms with van der Waals surface area (Å²) in [5.41, 5.74) is -0.855. The third-order valence-corrected chi connectivity index (χ3v) is 5.51. The second-order valence-corrected chi connectivity index (χ2v) is 7.38. The molecule has 2 rings (SSSR count). The largest absolute Gasteiger partial charge is 0.306 e. The van der Waals surface area contributed by atoms with Crippen molar-refractivity contribution in [3.8, 4) is 0 Å². The lowest BCUT2D eigenvalue weighted by molar-refractivity contribution is -0.387. The molecule has 1 aliphatic heterocycles. The molecule has 0 aromatic heterocycles. The van der Waals surface area contributed by atoms with Crippen LogP contribution in [0.3, 0.4) is 0 Å². The molecule has 0 spiro atoms. The molecule has 1 atom stereocenters. The van der Waals surface area contributed by atoms with Crippen LogP contribution in [-0.2, 0) is 10.0 Å². The number of nitrogens with zero attached hydrogens (tertiary/aromatic N) is 2. The van der Waals surface area contributed by atoms with E-state index in [0.29, 0.717) is 13.1 Å². The lowest BCUT2D eigenvalue weighted by Crippen LogP contribution is -2.39. The van der Waals surface area contributed by atoms with E-state index in [9.17, 15) is 22.9 Å². The van der Waals surface area contributed by atoms with Crippen molar-refractivity contribution in [1.29, 1.82) is 0 Å². The topological polar surface area (TPSA) is 80.5 Å². The fraction of sp³-hybridized carbons (Fsp3) is 0.538. The Morgan fingerprint density at radius 1 is 1.43 bits per heavy atom. The van der Waals surface area contributed by atoms with Crippen molar-refractivity contribution in [2.24, 2.45) is 5.92 Å². The highest BCUT2D eigenvalue weighted by molar-refractivity contribution is 7.89. The van der Waals surface area contributed by atoms with E-state index in [1.165, 1.54) is 11.2 Å². The van der Waals surface area contributed by atoms with Gasteiger partial charge in [-0.25, -0.2) is 8.42 Å². The number of nitro benzene ring substituents is 1. The summed E-state index contributed by atoms with van der Waals surface area (Å²) in [7, 11) is -3.83. The summed E-state index contributed by atoms with van der Waals surface area (Å²) in [6.07, 6.45) is 1.71. The van der Waals surface area contributed by atoms with Gasteiger partial charge in [0.05, 0.1) is 9.82 Å². The molecular formula is C13H17FN2O4S. The van der Waals surface area contributed by atoms with Crippen LogP contribution in [0.5, 0.6) is 0 Å². The molecule has 1 saturated heterocycles. The average Bonchev–Trinajstić information content (AvgIpc) is 2.41. The molecule has 21 heavy (non-hydrogen) atoms. The highest BCUT2D eigenvalue weighted by atomic mass is 32.2. The molecule has 0 N–H and O–H groups in total. The zero-order valence-corrected chi connectivity index (χ0v) is 12.7. The number of hydrogen-bond donors (Lipinski definition) is 0. The van der Waals surface area contributed by atoms with Crippen LogP contribution in [-0.4, -0.2) is 30.7 Å². The van der Waals surface area contributed by atoms with Gasteiger partial charge in [-0.2, -0.15) is 8.70 Å². The molecule has 1 aromatic rings. The first-order valence-corrected chi connectivity index (χ1v) is 8.12. The van der Waals surface area contributed by atoms with Crippen LogP contribution in [0.4, 0.5) is 10.1 Å². The van der Waals surface area contributed by atoms with E-state index in [0.717, 1.165) is 25.0 Å². The maximum absolute atomic E-state index is 13.7. The minimum atomic E-state index is -3.83. The first kappa shape index (κ1) is 15.8. The molecule has 0 aliphatic carbocycles. The molecular weight excluding hydrogens is 299 g/mol. The van der Waals surface area contributed by atoms with Gasteiger partial charge in [-0.3, -0.25) is 10.1 Å². The normalized spacial score (nSPS) is 20.4. The molecule has 1 aromatic carbocycles. The summed E-state index contributed by atoms with van der Waals surface area (Å²) in [6.45, 7) is 4.05. The molecule has 116 valence electrons. The monoisotopic (exact) mass is 316 g/mol. The third kappa shape index (κ3) is 3.06. The molecule has 1 unspecified atom stereocenters. The number of rotatable bonds is 3. The Balaban J connectivity index is 2.47. The summed E-state index contributed by atoms with van der Waals surface area (Å²) in [4.78, 5) is 9.72. The van der Waals surface area contributed by atoms with E-state index in [4.69, 9.17) is 0 Å². The molecule has 1 heterocycles. The van der Waals surface area contributed by atoms with Gasteiger partial charge >= 0.3 is 5.69 Å². The SMILES string of the molecule is Cc1cc(S(=O)(=O)N2CCCC(C)C2)cc([N+](=O)[O-])c1F. The minimum Gasteiger partial charge on any atom is -0.258 e. The maximum atomic E-state index is 13.7. The van der Waals surface area contributed by atoms with Gasteiger partial charge < -0.3 is 0 Å². The Labute approximate surface area is 122 Å². The molecule has 0 bridgehead atoms. The fourth-order valence-corrected chi connectivity index (χ4v) is 4.22. The Bertz CT molecular complexity index is 675. The van der Waals surface area contributed by atoms with Gasteiger partial charge in [-0.15, -0.1) is 0 Å². The number of benzene rings is 1. The summed E-state index contributed by atoms with van der Waals surface area (Å²) in [5.74, 6) is -0.754. The van der Waals surface area contributed by atoms with Crippen LogP contribution in [0.2, 0.25) is 0 Å². The van der Waals surface area contributed by atoms with Crippen molar-refractivity contribution in [3.63, 3.8) is 0 Å². The summed E-state index contributed by atoms with van der Waals surface area (Å²) >= 11 is 0. The summed E-state index contributed by atoms with van der Waals surface area (Å²) in [5, 5.41) is 10.8. The van der Waals surface area contributed by atoms with Crippen molar-refractivity contribution in [1.82, 2.24) is 4.31 Å². The quantitative estimate of drug-likeness (QED) is 0.633. The zero-order chi connectivity index (χ0) is 15.8. The predicted molar refractivity (Wildman–Crippen MR) is 74.9 cm³/mol. The Morgan fingerprint density at radius 2 is 2.10 bits per heavy atom. The number of nitro groups is 1. The standard InChI is InChI=1S/C13H17FN2O4S/c1-9-4-3-5-15(8-9)21(19,20)11-6-10(2)13(14)12(7-11)16(17)18/h6-7,9H,3-5,8H2,1-2H3. The van der Waals surface area contributed by atoms with Crippen LogP contribution in [0.25, 0.3) is 0 Å². The van der Waals surface area contributed by atoms with E-state index in [-0.39, 0.29) is 16.4 Å². The Kier molecular flexibility index (Phi) is 4.29. The van der Waals surface area contributed by atoms with E-state index in [1.807, 2.05) is 6.92 Å². The number of piperidine rings is 1. The number of sulfonamides is 1. The molecule has 0 radical (unpaired) electrons. The number of halogens is 1. The van der Waals surface area contributed by atoms with Crippen molar-refractivity contribution < 1.29 is 17.7 Å². The third-order valence-electron chi connectivity index (χ3n) is 3.66. The van der Waals surface area contributed by atoms with Crippen LogP contribution in [0.1, 0.15) is 25.3 Å². The molecule has 1 aliphatic rings. The molecule has 1 fully saturated rings. The number of hydrogen-bond acceptors (Lipinski definition) is 4. The zero-order valence-electron chi connectivity index (χ0n) is 11.9. The van der Waals surface area contributed by atoms with Gasteiger partial charge in [-0.05, 0) is 37.3 Å². The van der Waals surface area contributed by atoms with E-state index in [1.54, 1.807) is 0 Å². The van der Waals surface area contributed by atoms with Gasteiger partial charge in [0, 0.05) is 19.2 Å². The average molecular weight is 316 g/mol. The van der Waals surface area contributed by atoms with Crippen molar-refractivity contribution in [2.75, 3.05) is 13.1 Å². The van der Waals surface area contributed by atoms with Gasteiger partial charge in [0.25, 0.3) is 0 Å². The maximum Gasteiger partial charge on any atom is 0.306 e. The van der Waals surface area contributed by atoms with Crippen molar-refractivity contribution in [3.05, 3.63) is 33.6 Å². The van der Waals surface area contributed by atoms with Gasteiger partial charge in [-0.1, -0.05) is 6.92 Å². The molecule has 0 saturated carbocycles. The van der Waals surface area contributed by atoms with Crippen LogP contribution < -0.4 is 0 Å². The molecule has 0 amide bonds. The first-order valence-electron chi connectivity index (χ1n) is 6.68. The van der Waals surface area contributed by atoms with Crippen LogP contribution in [0.15, 0.2) is 17.0 Å². The van der Waals surface area contributed by atoms with E-state index >= 15 is 0 Å². The lowest BCUT2D eigenvalue weighted by atomic mass is 10.0. The van der Waals surface area contributed by atoms with Crippen molar-refractivity contribution in [2.45, 2.75) is 31.6 Å². The van der Waals surface area contributed by atoms with Crippen LogP contribution >= 0.6 is 0 Å². The number of aryl methyl sites for hydroxylation is 1. The summed E-state index contributed by atoms with van der Waals surface area (Å²) in [6, 6.07) is 1.95. The lowest BCUT2D eigenvalue weighted by Gasteiger charge is -2.30. The minimum absolute atomic E-state index is 0.0483. The van der Waals surface area contributed by atoms with Crippen molar-refractivity contribution >= 4 is 15.7 Å². The smallest absolute Gasteiger partial charge is 0.258 e. The van der Waals surface area contributed by atoms with E-state index in [2.05, 4.69) is 0 Å². The van der Waals surface area contributed by atoms with E-state index < -0.39 is 26.5 Å². The Morgan fingerprint density at radius 3 is 2.67 bits per heavy atom.